The van der Waals surface area contributed by atoms with E-state index in [1.54, 1.807) is 19.5 Å². The molecule has 0 bridgehead atoms. The van der Waals surface area contributed by atoms with Crippen LogP contribution in [-0.4, -0.2) is 54.1 Å². The molecule has 4 rings (SSSR count). The Morgan fingerprint density at radius 2 is 1.67 bits per heavy atom. The van der Waals surface area contributed by atoms with Crippen molar-refractivity contribution in [1.82, 2.24) is 15.0 Å². The van der Waals surface area contributed by atoms with Crippen LogP contribution in [0.1, 0.15) is 5.56 Å². The fraction of sp³-hybridized carbons (Fsp3) is 0.273. The van der Waals surface area contributed by atoms with Gasteiger partial charge in [-0.15, -0.1) is 0 Å². The summed E-state index contributed by atoms with van der Waals surface area (Å²) in [6, 6.07) is 13.4. The highest BCUT2D eigenvalue weighted by Gasteiger charge is 2.20. The highest BCUT2D eigenvalue weighted by Crippen LogP contribution is 2.19. The number of carbonyl (C=O) groups is 1. The predicted molar refractivity (Wildman–Crippen MR) is 116 cm³/mol. The third-order valence-electron chi connectivity index (χ3n) is 5.00. The average molecular weight is 404 g/mol. The van der Waals surface area contributed by atoms with Crippen LogP contribution in [0.25, 0.3) is 0 Å². The summed E-state index contributed by atoms with van der Waals surface area (Å²) in [5.74, 6) is 2.22. The van der Waals surface area contributed by atoms with Crippen LogP contribution in [0.3, 0.4) is 0 Å². The molecule has 30 heavy (non-hydrogen) atoms. The Morgan fingerprint density at radius 3 is 2.37 bits per heavy atom. The summed E-state index contributed by atoms with van der Waals surface area (Å²) in [6.45, 7) is 3.35. The summed E-state index contributed by atoms with van der Waals surface area (Å²) in [5, 5.41) is 2.85. The maximum atomic E-state index is 12.4. The van der Waals surface area contributed by atoms with Crippen LogP contribution in [0.2, 0.25) is 0 Å². The first-order valence-electron chi connectivity index (χ1n) is 9.87. The molecule has 1 aliphatic heterocycles. The highest BCUT2D eigenvalue weighted by molar-refractivity contribution is 5.92. The molecular formula is C22H24N6O2. The average Bonchev–Trinajstić information content (AvgIpc) is 2.80. The molecule has 0 saturated carbocycles. The predicted octanol–water partition coefficient (Wildman–Crippen LogP) is 2.39. The first-order valence-corrected chi connectivity index (χ1v) is 9.87. The fourth-order valence-corrected chi connectivity index (χ4v) is 3.45. The number of aromatic nitrogens is 3. The minimum Gasteiger partial charge on any atom is -0.496 e. The molecule has 1 saturated heterocycles. The van der Waals surface area contributed by atoms with E-state index in [4.69, 9.17) is 4.74 Å². The van der Waals surface area contributed by atoms with Gasteiger partial charge in [0.1, 0.15) is 11.6 Å². The zero-order valence-electron chi connectivity index (χ0n) is 16.9. The Bertz CT molecular complexity index is 972. The van der Waals surface area contributed by atoms with E-state index in [1.807, 2.05) is 48.7 Å². The Morgan fingerprint density at radius 1 is 0.967 bits per heavy atom. The number of hydrogen-bond donors (Lipinski definition) is 1. The molecule has 3 heterocycles. The second-order valence-electron chi connectivity index (χ2n) is 6.97. The third kappa shape index (κ3) is 4.65. The van der Waals surface area contributed by atoms with E-state index >= 15 is 0 Å². The number of hydrogen-bond acceptors (Lipinski definition) is 7. The molecule has 1 N–H and O–H groups in total. The molecule has 1 aliphatic rings. The van der Waals surface area contributed by atoms with Gasteiger partial charge in [0.05, 0.1) is 31.6 Å². The molecular weight excluding hydrogens is 380 g/mol. The molecule has 154 valence electrons. The topological polar surface area (TPSA) is 83.5 Å². The molecule has 1 aromatic carbocycles. The summed E-state index contributed by atoms with van der Waals surface area (Å²) < 4.78 is 5.30. The Balaban J connectivity index is 1.31. The van der Waals surface area contributed by atoms with Crippen LogP contribution in [-0.2, 0) is 11.2 Å². The van der Waals surface area contributed by atoms with E-state index in [-0.39, 0.29) is 12.3 Å². The number of carbonyl (C=O) groups excluding carboxylic acids is 1. The standard InChI is InChI=1S/C22H24N6O2/c1-30-19-7-3-2-6-17(19)14-21(29)26-18-15-24-22(25-16-18)28-12-10-27(11-13-28)20-8-4-5-9-23-20/h2-9,15-16H,10-14H2,1H3,(H,26,29). The van der Waals surface area contributed by atoms with Crippen LogP contribution in [0.15, 0.2) is 61.1 Å². The molecule has 0 aliphatic carbocycles. The van der Waals surface area contributed by atoms with Gasteiger partial charge < -0.3 is 19.9 Å². The molecule has 1 fully saturated rings. The summed E-state index contributed by atoms with van der Waals surface area (Å²) in [7, 11) is 1.60. The number of piperazine rings is 1. The highest BCUT2D eigenvalue weighted by atomic mass is 16.5. The molecule has 0 spiro atoms. The number of pyridine rings is 1. The summed E-state index contributed by atoms with van der Waals surface area (Å²) >= 11 is 0. The third-order valence-corrected chi connectivity index (χ3v) is 5.00. The summed E-state index contributed by atoms with van der Waals surface area (Å²) in [5.41, 5.74) is 1.41. The van der Waals surface area contributed by atoms with Crippen LogP contribution in [0, 0.1) is 0 Å². The van der Waals surface area contributed by atoms with Gasteiger partial charge in [0.2, 0.25) is 11.9 Å². The Kier molecular flexibility index (Phi) is 6.03. The van der Waals surface area contributed by atoms with Crippen molar-refractivity contribution in [3.05, 3.63) is 66.6 Å². The smallest absolute Gasteiger partial charge is 0.229 e. The number of benzene rings is 1. The van der Waals surface area contributed by atoms with E-state index in [9.17, 15) is 4.79 Å². The van der Waals surface area contributed by atoms with Crippen LogP contribution in [0.5, 0.6) is 5.75 Å². The van der Waals surface area contributed by atoms with Gasteiger partial charge in [0.15, 0.2) is 0 Å². The lowest BCUT2D eigenvalue weighted by atomic mass is 10.1. The molecule has 0 unspecified atom stereocenters. The number of anilines is 3. The van der Waals surface area contributed by atoms with E-state index < -0.39 is 0 Å². The van der Waals surface area contributed by atoms with E-state index in [0.29, 0.717) is 17.4 Å². The number of amides is 1. The lowest BCUT2D eigenvalue weighted by Crippen LogP contribution is -2.47. The second-order valence-corrected chi connectivity index (χ2v) is 6.97. The van der Waals surface area contributed by atoms with Crippen molar-refractivity contribution in [2.75, 3.05) is 48.4 Å². The van der Waals surface area contributed by atoms with Gasteiger partial charge in [-0.05, 0) is 18.2 Å². The van der Waals surface area contributed by atoms with Gasteiger partial charge in [-0.1, -0.05) is 24.3 Å². The normalized spacial score (nSPS) is 13.8. The minimum atomic E-state index is -0.139. The largest absolute Gasteiger partial charge is 0.496 e. The number of nitrogens with one attached hydrogen (secondary N) is 1. The van der Waals surface area contributed by atoms with Gasteiger partial charge in [-0.2, -0.15) is 0 Å². The molecule has 8 heteroatoms. The van der Waals surface area contributed by atoms with Crippen LogP contribution >= 0.6 is 0 Å². The zero-order chi connectivity index (χ0) is 20.8. The van der Waals surface area contributed by atoms with Gasteiger partial charge in [-0.25, -0.2) is 15.0 Å². The van der Waals surface area contributed by atoms with Gasteiger partial charge >= 0.3 is 0 Å². The Hall–Kier alpha value is -3.68. The molecule has 0 radical (unpaired) electrons. The van der Waals surface area contributed by atoms with Crippen molar-refractivity contribution in [1.29, 1.82) is 0 Å². The summed E-state index contributed by atoms with van der Waals surface area (Å²) in [4.78, 5) is 30.0. The Labute approximate surface area is 175 Å². The molecule has 0 atom stereocenters. The van der Waals surface area contributed by atoms with Gasteiger partial charge in [-0.3, -0.25) is 4.79 Å². The monoisotopic (exact) mass is 404 g/mol. The van der Waals surface area contributed by atoms with Crippen molar-refractivity contribution in [2.24, 2.45) is 0 Å². The van der Waals surface area contributed by atoms with Crippen LogP contribution in [0.4, 0.5) is 17.5 Å². The number of ether oxygens (including phenoxy) is 1. The van der Waals surface area contributed by atoms with Crippen molar-refractivity contribution < 1.29 is 9.53 Å². The molecule has 1 amide bonds. The maximum absolute atomic E-state index is 12.4. The van der Waals surface area contributed by atoms with Crippen LogP contribution < -0.4 is 19.9 Å². The lowest BCUT2D eigenvalue weighted by molar-refractivity contribution is -0.115. The minimum absolute atomic E-state index is 0.139. The van der Waals surface area contributed by atoms with E-state index in [0.717, 1.165) is 37.6 Å². The van der Waals surface area contributed by atoms with Gasteiger partial charge in [0.25, 0.3) is 0 Å². The summed E-state index contributed by atoms with van der Waals surface area (Å²) in [6.07, 6.45) is 5.33. The molecule has 8 nitrogen and oxygen atoms in total. The van der Waals surface area contributed by atoms with E-state index in [1.165, 1.54) is 0 Å². The maximum Gasteiger partial charge on any atom is 0.229 e. The van der Waals surface area contributed by atoms with Crippen molar-refractivity contribution in [3.63, 3.8) is 0 Å². The lowest BCUT2D eigenvalue weighted by Gasteiger charge is -2.35. The second kappa shape index (κ2) is 9.21. The number of para-hydroxylation sites is 1. The zero-order valence-corrected chi connectivity index (χ0v) is 16.9. The van der Waals surface area contributed by atoms with E-state index in [2.05, 4.69) is 30.1 Å². The first-order chi connectivity index (χ1) is 14.7. The first kappa shape index (κ1) is 19.6. The fourth-order valence-electron chi connectivity index (χ4n) is 3.45. The molecule has 2 aromatic heterocycles. The van der Waals surface area contributed by atoms with Crippen molar-refractivity contribution >= 4 is 23.4 Å². The quantitative estimate of drug-likeness (QED) is 0.675. The number of methoxy groups -OCH3 is 1. The van der Waals surface area contributed by atoms with Gasteiger partial charge in [0, 0.05) is 37.9 Å². The molecule has 3 aromatic rings. The SMILES string of the molecule is COc1ccccc1CC(=O)Nc1cnc(N2CCN(c3ccccn3)CC2)nc1. The van der Waals surface area contributed by atoms with Crippen molar-refractivity contribution in [2.45, 2.75) is 6.42 Å². The van der Waals surface area contributed by atoms with Crippen molar-refractivity contribution in [3.8, 4) is 5.75 Å². The number of rotatable bonds is 6. The number of nitrogens with zero attached hydrogens (tertiary/aromatic N) is 5.